The zero-order valence-electron chi connectivity index (χ0n) is 11.1. The van der Waals surface area contributed by atoms with E-state index in [4.69, 9.17) is 5.73 Å². The molecule has 3 N–H and O–H groups in total. The van der Waals surface area contributed by atoms with Crippen LogP contribution in [0.3, 0.4) is 0 Å². The summed E-state index contributed by atoms with van der Waals surface area (Å²) in [6.07, 6.45) is 3.58. The van der Waals surface area contributed by atoms with Gasteiger partial charge in [-0.15, -0.1) is 0 Å². The summed E-state index contributed by atoms with van der Waals surface area (Å²) in [5.41, 5.74) is 7.79. The Morgan fingerprint density at radius 3 is 2.89 bits per heavy atom. The van der Waals surface area contributed by atoms with Crippen molar-refractivity contribution in [3.63, 3.8) is 0 Å². The van der Waals surface area contributed by atoms with E-state index < -0.39 is 0 Å². The van der Waals surface area contributed by atoms with Crippen LogP contribution in [0, 0.1) is 6.92 Å². The van der Waals surface area contributed by atoms with E-state index in [1.54, 1.807) is 16.9 Å². The van der Waals surface area contributed by atoms with E-state index in [0.717, 1.165) is 5.56 Å². The lowest BCUT2D eigenvalue weighted by molar-refractivity contribution is 0.0936. The van der Waals surface area contributed by atoms with Gasteiger partial charge in [0.2, 0.25) is 0 Å². The third kappa shape index (κ3) is 3.13. The molecule has 1 heterocycles. The SMILES string of the molecule is Cc1cccc(N)c1C(=O)NC(C)Cn1cccn1. The number of anilines is 1. The van der Waals surface area contributed by atoms with Crippen LogP contribution in [0.5, 0.6) is 0 Å². The van der Waals surface area contributed by atoms with Gasteiger partial charge in [0, 0.05) is 24.1 Å². The van der Waals surface area contributed by atoms with Gasteiger partial charge in [-0.1, -0.05) is 12.1 Å². The van der Waals surface area contributed by atoms with Crippen LogP contribution in [0.25, 0.3) is 0 Å². The monoisotopic (exact) mass is 258 g/mol. The van der Waals surface area contributed by atoms with Crippen LogP contribution in [0.2, 0.25) is 0 Å². The molecule has 0 bridgehead atoms. The molecule has 1 aromatic carbocycles. The molecule has 5 nitrogen and oxygen atoms in total. The van der Waals surface area contributed by atoms with Crippen LogP contribution in [0.1, 0.15) is 22.8 Å². The largest absolute Gasteiger partial charge is 0.398 e. The Bertz CT molecular complexity index is 543. The summed E-state index contributed by atoms with van der Waals surface area (Å²) in [5, 5.41) is 7.05. The highest BCUT2D eigenvalue weighted by molar-refractivity contribution is 6.00. The van der Waals surface area contributed by atoms with E-state index in [1.807, 2.05) is 38.2 Å². The second-order valence-electron chi connectivity index (χ2n) is 4.64. The number of aromatic nitrogens is 2. The summed E-state index contributed by atoms with van der Waals surface area (Å²) in [7, 11) is 0. The van der Waals surface area contributed by atoms with Crippen LogP contribution in [-0.2, 0) is 6.54 Å². The molecule has 0 aliphatic carbocycles. The molecule has 5 heteroatoms. The summed E-state index contributed by atoms with van der Waals surface area (Å²) in [5.74, 6) is -0.143. The van der Waals surface area contributed by atoms with Gasteiger partial charge in [0.1, 0.15) is 0 Å². The first-order valence-electron chi connectivity index (χ1n) is 6.21. The van der Waals surface area contributed by atoms with Crippen LogP contribution >= 0.6 is 0 Å². The molecule has 0 radical (unpaired) electrons. The Balaban J connectivity index is 2.04. The van der Waals surface area contributed by atoms with E-state index in [-0.39, 0.29) is 11.9 Å². The Kier molecular flexibility index (Phi) is 3.85. The summed E-state index contributed by atoms with van der Waals surface area (Å²) >= 11 is 0. The average molecular weight is 258 g/mol. The number of rotatable bonds is 4. The van der Waals surface area contributed by atoms with Gasteiger partial charge in [-0.05, 0) is 31.5 Å². The van der Waals surface area contributed by atoms with E-state index in [0.29, 0.717) is 17.8 Å². The van der Waals surface area contributed by atoms with Gasteiger partial charge in [-0.2, -0.15) is 5.10 Å². The molecule has 2 aromatic rings. The first kappa shape index (κ1) is 13.1. The van der Waals surface area contributed by atoms with Crippen LogP contribution in [0.4, 0.5) is 5.69 Å². The molecule has 0 fully saturated rings. The lowest BCUT2D eigenvalue weighted by Gasteiger charge is -2.16. The molecule has 0 saturated heterocycles. The van der Waals surface area contributed by atoms with Gasteiger partial charge < -0.3 is 11.1 Å². The standard InChI is InChI=1S/C14H18N4O/c1-10-5-3-6-12(15)13(10)14(19)17-11(2)9-18-8-4-7-16-18/h3-8,11H,9,15H2,1-2H3,(H,17,19). The fourth-order valence-electron chi connectivity index (χ4n) is 2.03. The van der Waals surface area contributed by atoms with E-state index >= 15 is 0 Å². The third-order valence-electron chi connectivity index (χ3n) is 2.93. The quantitative estimate of drug-likeness (QED) is 0.818. The number of nitrogen functional groups attached to an aromatic ring is 1. The molecule has 0 saturated carbocycles. The Labute approximate surface area is 112 Å². The highest BCUT2D eigenvalue weighted by atomic mass is 16.1. The normalized spacial score (nSPS) is 12.1. The summed E-state index contributed by atoms with van der Waals surface area (Å²) < 4.78 is 1.78. The maximum absolute atomic E-state index is 12.2. The zero-order valence-corrected chi connectivity index (χ0v) is 11.1. The average Bonchev–Trinajstić information content (AvgIpc) is 2.81. The topological polar surface area (TPSA) is 72.9 Å². The van der Waals surface area contributed by atoms with Gasteiger partial charge in [-0.25, -0.2) is 0 Å². The second-order valence-corrected chi connectivity index (χ2v) is 4.64. The molecule has 1 atom stereocenters. The fourth-order valence-corrected chi connectivity index (χ4v) is 2.03. The third-order valence-corrected chi connectivity index (χ3v) is 2.93. The maximum atomic E-state index is 12.2. The molecule has 1 aromatic heterocycles. The second kappa shape index (κ2) is 5.56. The van der Waals surface area contributed by atoms with Crippen molar-refractivity contribution < 1.29 is 4.79 Å². The van der Waals surface area contributed by atoms with Crippen molar-refractivity contribution in [2.24, 2.45) is 0 Å². The number of carbonyl (C=O) groups is 1. The van der Waals surface area contributed by atoms with Crippen molar-refractivity contribution >= 4 is 11.6 Å². The van der Waals surface area contributed by atoms with Crippen molar-refractivity contribution in [2.45, 2.75) is 26.4 Å². The Morgan fingerprint density at radius 2 is 2.26 bits per heavy atom. The predicted molar refractivity (Wildman–Crippen MR) is 74.7 cm³/mol. The lowest BCUT2D eigenvalue weighted by Crippen LogP contribution is -2.36. The maximum Gasteiger partial charge on any atom is 0.253 e. The highest BCUT2D eigenvalue weighted by Gasteiger charge is 2.15. The Hall–Kier alpha value is -2.30. The number of hydrogen-bond donors (Lipinski definition) is 2. The lowest BCUT2D eigenvalue weighted by atomic mass is 10.1. The van der Waals surface area contributed by atoms with Crippen molar-refractivity contribution in [3.8, 4) is 0 Å². The summed E-state index contributed by atoms with van der Waals surface area (Å²) in [6, 6.07) is 7.29. The van der Waals surface area contributed by atoms with E-state index in [1.165, 1.54) is 0 Å². The van der Waals surface area contributed by atoms with Crippen LogP contribution in [0.15, 0.2) is 36.7 Å². The predicted octanol–water partition coefficient (Wildman–Crippen LogP) is 1.59. The number of nitrogens with one attached hydrogen (secondary N) is 1. The molecule has 0 aliphatic heterocycles. The number of amides is 1. The molecule has 100 valence electrons. The number of nitrogens with two attached hydrogens (primary N) is 1. The molecule has 1 amide bonds. The number of carbonyl (C=O) groups excluding carboxylic acids is 1. The molecule has 0 spiro atoms. The highest BCUT2D eigenvalue weighted by Crippen LogP contribution is 2.16. The van der Waals surface area contributed by atoms with Gasteiger partial charge in [0.05, 0.1) is 12.1 Å². The van der Waals surface area contributed by atoms with Gasteiger partial charge in [0.25, 0.3) is 5.91 Å². The number of benzene rings is 1. The van der Waals surface area contributed by atoms with Crippen LogP contribution in [-0.4, -0.2) is 21.7 Å². The fraction of sp³-hybridized carbons (Fsp3) is 0.286. The first-order valence-corrected chi connectivity index (χ1v) is 6.21. The van der Waals surface area contributed by atoms with Gasteiger partial charge in [-0.3, -0.25) is 9.48 Å². The number of nitrogens with zero attached hydrogens (tertiary/aromatic N) is 2. The van der Waals surface area contributed by atoms with Gasteiger partial charge in [0.15, 0.2) is 0 Å². The minimum atomic E-state index is -0.143. The van der Waals surface area contributed by atoms with Crippen molar-refractivity contribution in [1.82, 2.24) is 15.1 Å². The molecule has 2 rings (SSSR count). The molecule has 19 heavy (non-hydrogen) atoms. The molecule has 1 unspecified atom stereocenters. The summed E-state index contributed by atoms with van der Waals surface area (Å²) in [6.45, 7) is 4.45. The van der Waals surface area contributed by atoms with Crippen molar-refractivity contribution in [1.29, 1.82) is 0 Å². The minimum absolute atomic E-state index is 0.0218. The Morgan fingerprint density at radius 1 is 1.47 bits per heavy atom. The first-order chi connectivity index (χ1) is 9.08. The van der Waals surface area contributed by atoms with Crippen molar-refractivity contribution in [3.05, 3.63) is 47.8 Å². The van der Waals surface area contributed by atoms with E-state index in [2.05, 4.69) is 10.4 Å². The minimum Gasteiger partial charge on any atom is -0.398 e. The van der Waals surface area contributed by atoms with Crippen LogP contribution < -0.4 is 11.1 Å². The molecular weight excluding hydrogens is 240 g/mol. The van der Waals surface area contributed by atoms with E-state index in [9.17, 15) is 4.79 Å². The molecular formula is C14H18N4O. The molecule has 0 aliphatic rings. The zero-order chi connectivity index (χ0) is 13.8. The van der Waals surface area contributed by atoms with Crippen molar-refractivity contribution in [2.75, 3.05) is 5.73 Å². The summed E-state index contributed by atoms with van der Waals surface area (Å²) in [4.78, 5) is 12.2. The number of aryl methyl sites for hydroxylation is 1. The smallest absolute Gasteiger partial charge is 0.253 e. The number of hydrogen-bond acceptors (Lipinski definition) is 3. The van der Waals surface area contributed by atoms with Gasteiger partial charge >= 0.3 is 0 Å².